The summed E-state index contributed by atoms with van der Waals surface area (Å²) in [6.45, 7) is 1.71. The minimum absolute atomic E-state index is 0.113. The highest BCUT2D eigenvalue weighted by molar-refractivity contribution is 5.97. The van der Waals surface area contributed by atoms with E-state index in [1.165, 1.54) is 0 Å². The summed E-state index contributed by atoms with van der Waals surface area (Å²) in [6.07, 6.45) is 3.23. The van der Waals surface area contributed by atoms with Gasteiger partial charge in [-0.15, -0.1) is 0 Å². The molecular formula is C28H28N2O8. The van der Waals surface area contributed by atoms with Crippen molar-refractivity contribution < 1.29 is 37.7 Å². The first-order valence-corrected chi connectivity index (χ1v) is 12.6. The first kappa shape index (κ1) is 24.2. The molecule has 2 aromatic carbocycles. The molecule has 198 valence electrons. The molecule has 0 saturated carbocycles. The van der Waals surface area contributed by atoms with Crippen LogP contribution in [0.4, 0.5) is 0 Å². The first-order valence-electron chi connectivity index (χ1n) is 12.6. The summed E-state index contributed by atoms with van der Waals surface area (Å²) in [4.78, 5) is 30.6. The van der Waals surface area contributed by atoms with Crippen molar-refractivity contribution in [3.63, 3.8) is 0 Å². The molecule has 1 fully saturated rings. The van der Waals surface area contributed by atoms with Crippen LogP contribution in [-0.4, -0.2) is 61.0 Å². The molecule has 0 radical (unpaired) electrons. The summed E-state index contributed by atoms with van der Waals surface area (Å²) in [7, 11) is 0. The summed E-state index contributed by atoms with van der Waals surface area (Å²) in [5, 5.41) is 0. The van der Waals surface area contributed by atoms with E-state index in [0.29, 0.717) is 54.0 Å². The van der Waals surface area contributed by atoms with E-state index < -0.39 is 0 Å². The van der Waals surface area contributed by atoms with Gasteiger partial charge in [-0.25, -0.2) is 0 Å². The zero-order valence-electron chi connectivity index (χ0n) is 20.8. The Morgan fingerprint density at radius 3 is 2.34 bits per heavy atom. The number of nitrogens with zero attached hydrogens (tertiary/aromatic N) is 2. The Morgan fingerprint density at radius 2 is 1.61 bits per heavy atom. The highest BCUT2D eigenvalue weighted by Gasteiger charge is 2.29. The van der Waals surface area contributed by atoms with Crippen LogP contribution in [0.5, 0.6) is 23.0 Å². The van der Waals surface area contributed by atoms with E-state index in [1.807, 2.05) is 24.3 Å². The van der Waals surface area contributed by atoms with Crippen LogP contribution >= 0.6 is 0 Å². The molecule has 1 unspecified atom stereocenters. The lowest BCUT2D eigenvalue weighted by atomic mass is 10.1. The van der Waals surface area contributed by atoms with Crippen LogP contribution in [0.1, 0.15) is 34.5 Å². The molecule has 4 heterocycles. The number of carbonyl (C=O) groups is 2. The Balaban J connectivity index is 1.23. The maximum absolute atomic E-state index is 13.8. The first-order chi connectivity index (χ1) is 18.6. The number of fused-ring (bicyclic) bond motifs is 2. The van der Waals surface area contributed by atoms with Gasteiger partial charge < -0.3 is 37.9 Å². The number of hydrogen-bond acceptors (Lipinski definition) is 8. The van der Waals surface area contributed by atoms with Gasteiger partial charge in [0.2, 0.25) is 19.5 Å². The molecule has 38 heavy (non-hydrogen) atoms. The lowest BCUT2D eigenvalue weighted by molar-refractivity contribution is -0.133. The molecule has 0 spiro atoms. The normalized spacial score (nSPS) is 17.0. The molecule has 3 aromatic rings. The third kappa shape index (κ3) is 5.26. The number of furan rings is 1. The van der Waals surface area contributed by atoms with Crippen LogP contribution in [0, 0.1) is 0 Å². The zero-order valence-corrected chi connectivity index (χ0v) is 20.8. The van der Waals surface area contributed by atoms with E-state index >= 15 is 0 Å². The summed E-state index contributed by atoms with van der Waals surface area (Å²) in [5.74, 6) is 2.59. The molecule has 3 aliphatic rings. The standard InChI is InChI=1S/C28H28N2O8/c31-27(29(14-21-3-1-9-33-21)13-19-5-7-23-25(11-19)37-17-35-23)16-30(15-22-4-2-10-34-22)28(32)20-6-8-24-26(12-20)38-18-36-24/h1,3,5-9,11-12,22H,2,4,10,13-18H2. The van der Waals surface area contributed by atoms with Crippen LogP contribution in [0.3, 0.4) is 0 Å². The van der Waals surface area contributed by atoms with Crippen molar-refractivity contribution in [2.45, 2.75) is 32.0 Å². The SMILES string of the molecule is O=C(CN(CC1CCCO1)C(=O)c1ccc2c(c1)OCO2)N(Cc1ccc2c(c1)OCO2)Cc1ccco1. The van der Waals surface area contributed by atoms with Crippen molar-refractivity contribution in [3.05, 3.63) is 71.7 Å². The monoisotopic (exact) mass is 520 g/mol. The maximum Gasteiger partial charge on any atom is 0.254 e. The number of amides is 2. The Bertz CT molecular complexity index is 1300. The van der Waals surface area contributed by atoms with Crippen LogP contribution in [0.25, 0.3) is 0 Å². The van der Waals surface area contributed by atoms with Crippen LogP contribution in [0.2, 0.25) is 0 Å². The molecule has 0 N–H and O–H groups in total. The molecule has 0 aliphatic carbocycles. The molecule has 10 nitrogen and oxygen atoms in total. The van der Waals surface area contributed by atoms with Gasteiger partial charge in [-0.05, 0) is 60.9 Å². The van der Waals surface area contributed by atoms with Gasteiger partial charge in [0.1, 0.15) is 12.3 Å². The molecule has 0 bridgehead atoms. The molecule has 1 atom stereocenters. The number of benzene rings is 2. The van der Waals surface area contributed by atoms with Crippen molar-refractivity contribution in [2.75, 3.05) is 33.3 Å². The number of ether oxygens (including phenoxy) is 5. The fraction of sp³-hybridized carbons (Fsp3) is 0.357. The van der Waals surface area contributed by atoms with Gasteiger partial charge in [0.25, 0.3) is 5.91 Å². The second-order valence-electron chi connectivity index (χ2n) is 9.41. The van der Waals surface area contributed by atoms with Crippen molar-refractivity contribution >= 4 is 11.8 Å². The number of rotatable bonds is 9. The van der Waals surface area contributed by atoms with E-state index in [4.69, 9.17) is 28.1 Å². The molecule has 2 amide bonds. The van der Waals surface area contributed by atoms with Gasteiger partial charge >= 0.3 is 0 Å². The topological polar surface area (TPSA) is 99.9 Å². The highest BCUT2D eigenvalue weighted by atomic mass is 16.7. The smallest absolute Gasteiger partial charge is 0.254 e. The summed E-state index contributed by atoms with van der Waals surface area (Å²) in [6, 6.07) is 14.3. The molecule has 1 saturated heterocycles. The number of hydrogen-bond donors (Lipinski definition) is 0. The second-order valence-corrected chi connectivity index (χ2v) is 9.41. The Morgan fingerprint density at radius 1 is 0.842 bits per heavy atom. The van der Waals surface area contributed by atoms with Crippen LogP contribution < -0.4 is 18.9 Å². The van der Waals surface area contributed by atoms with Gasteiger partial charge in [-0.1, -0.05) is 6.07 Å². The lowest BCUT2D eigenvalue weighted by Gasteiger charge is -2.29. The van der Waals surface area contributed by atoms with Crippen molar-refractivity contribution in [2.24, 2.45) is 0 Å². The Hall–Kier alpha value is -4.18. The fourth-order valence-electron chi connectivity index (χ4n) is 4.81. The zero-order chi connectivity index (χ0) is 25.9. The summed E-state index contributed by atoms with van der Waals surface area (Å²) < 4.78 is 33.1. The predicted octanol–water partition coefficient (Wildman–Crippen LogP) is 3.59. The molecule has 10 heteroatoms. The van der Waals surface area contributed by atoms with Gasteiger partial charge in [-0.2, -0.15) is 0 Å². The van der Waals surface area contributed by atoms with Crippen molar-refractivity contribution in [1.82, 2.24) is 9.80 Å². The van der Waals surface area contributed by atoms with Crippen LogP contribution in [0.15, 0.2) is 59.2 Å². The van der Waals surface area contributed by atoms with Crippen molar-refractivity contribution in [3.8, 4) is 23.0 Å². The second kappa shape index (κ2) is 10.7. The third-order valence-electron chi connectivity index (χ3n) is 6.77. The average molecular weight is 521 g/mol. The largest absolute Gasteiger partial charge is 0.467 e. The molecule has 6 rings (SSSR count). The lowest BCUT2D eigenvalue weighted by Crippen LogP contribution is -2.45. The fourth-order valence-corrected chi connectivity index (χ4v) is 4.81. The van der Waals surface area contributed by atoms with Gasteiger partial charge in [-0.3, -0.25) is 9.59 Å². The Kier molecular flexibility index (Phi) is 6.78. The van der Waals surface area contributed by atoms with E-state index in [2.05, 4.69) is 0 Å². The third-order valence-corrected chi connectivity index (χ3v) is 6.77. The average Bonchev–Trinajstić information content (AvgIpc) is 3.74. The van der Waals surface area contributed by atoms with Gasteiger partial charge in [0, 0.05) is 25.3 Å². The minimum Gasteiger partial charge on any atom is -0.467 e. The van der Waals surface area contributed by atoms with E-state index in [-0.39, 0.29) is 44.6 Å². The molecule has 1 aromatic heterocycles. The van der Waals surface area contributed by atoms with Crippen molar-refractivity contribution in [1.29, 1.82) is 0 Å². The van der Waals surface area contributed by atoms with E-state index in [0.717, 1.165) is 18.4 Å². The van der Waals surface area contributed by atoms with E-state index in [1.54, 1.807) is 40.3 Å². The van der Waals surface area contributed by atoms with Crippen LogP contribution in [-0.2, 0) is 22.6 Å². The predicted molar refractivity (Wildman–Crippen MR) is 133 cm³/mol. The highest BCUT2D eigenvalue weighted by Crippen LogP contribution is 2.34. The van der Waals surface area contributed by atoms with Gasteiger partial charge in [0.05, 0.1) is 18.9 Å². The Labute approximate surface area is 219 Å². The maximum atomic E-state index is 13.8. The molecular weight excluding hydrogens is 492 g/mol. The van der Waals surface area contributed by atoms with Gasteiger partial charge in [0.15, 0.2) is 23.0 Å². The quantitative estimate of drug-likeness (QED) is 0.422. The van der Waals surface area contributed by atoms with E-state index in [9.17, 15) is 9.59 Å². The minimum atomic E-state index is -0.270. The summed E-state index contributed by atoms with van der Waals surface area (Å²) >= 11 is 0. The number of carbonyl (C=O) groups excluding carboxylic acids is 2. The summed E-state index contributed by atoms with van der Waals surface area (Å²) in [5.41, 5.74) is 1.30. The molecule has 3 aliphatic heterocycles.